The number of imide groups is 1. The summed E-state index contributed by atoms with van der Waals surface area (Å²) in [6.45, 7) is 3.90. The summed E-state index contributed by atoms with van der Waals surface area (Å²) in [6, 6.07) is 7.57. The molecule has 3 amide bonds. The fourth-order valence-corrected chi connectivity index (χ4v) is 2.08. The van der Waals surface area contributed by atoms with Crippen molar-refractivity contribution in [3.8, 4) is 6.07 Å². The minimum absolute atomic E-state index is 0.0839. The van der Waals surface area contributed by atoms with E-state index < -0.39 is 12.1 Å². The molecule has 0 aliphatic carbocycles. The lowest BCUT2D eigenvalue weighted by atomic mass is 9.99. The zero-order valence-electron chi connectivity index (χ0n) is 10.9. The predicted octanol–water partition coefficient (Wildman–Crippen LogP) is 2.03. The van der Waals surface area contributed by atoms with Gasteiger partial charge in [-0.25, -0.2) is 9.69 Å². The maximum atomic E-state index is 12.3. The Morgan fingerprint density at radius 1 is 1.47 bits per heavy atom. The molecule has 0 bridgehead atoms. The first-order chi connectivity index (χ1) is 9.08. The highest BCUT2D eigenvalue weighted by Crippen LogP contribution is 2.24. The van der Waals surface area contributed by atoms with Crippen molar-refractivity contribution in [3.63, 3.8) is 0 Å². The number of hydrogen-bond donors (Lipinski definition) is 1. The highest BCUT2D eigenvalue weighted by molar-refractivity contribution is 6.21. The van der Waals surface area contributed by atoms with Gasteiger partial charge in [0.1, 0.15) is 6.04 Å². The molecule has 1 aliphatic heterocycles. The summed E-state index contributed by atoms with van der Waals surface area (Å²) in [5.41, 5.74) is 0.859. The Morgan fingerprint density at radius 2 is 2.21 bits per heavy atom. The maximum Gasteiger partial charge on any atom is 0.329 e. The van der Waals surface area contributed by atoms with Crippen molar-refractivity contribution in [2.75, 3.05) is 4.90 Å². The van der Waals surface area contributed by atoms with Gasteiger partial charge in [0, 0.05) is 0 Å². The van der Waals surface area contributed by atoms with Gasteiger partial charge in [-0.15, -0.1) is 0 Å². The maximum absolute atomic E-state index is 12.3. The number of nitrogens with one attached hydrogen (secondary N) is 1. The van der Waals surface area contributed by atoms with E-state index in [4.69, 9.17) is 5.26 Å². The monoisotopic (exact) mass is 257 g/mol. The Balaban J connectivity index is 2.32. The summed E-state index contributed by atoms with van der Waals surface area (Å²) in [7, 11) is 0. The average Bonchev–Trinajstić information content (AvgIpc) is 2.73. The van der Waals surface area contributed by atoms with Crippen LogP contribution in [0.15, 0.2) is 24.3 Å². The SMILES string of the molecule is CCC(C)C1NC(=O)N(c2cccc(C#N)c2)C1=O. The first kappa shape index (κ1) is 13.1. The molecule has 5 nitrogen and oxygen atoms in total. The second-order valence-electron chi connectivity index (χ2n) is 4.65. The van der Waals surface area contributed by atoms with Crippen LogP contribution in [-0.4, -0.2) is 18.0 Å². The van der Waals surface area contributed by atoms with Crippen LogP contribution in [0.3, 0.4) is 0 Å². The molecular formula is C14H15N3O2. The Labute approximate surface area is 111 Å². The Hall–Kier alpha value is -2.35. The molecule has 0 radical (unpaired) electrons. The van der Waals surface area contributed by atoms with Crippen molar-refractivity contribution in [2.45, 2.75) is 26.3 Å². The Morgan fingerprint density at radius 3 is 2.84 bits per heavy atom. The van der Waals surface area contributed by atoms with Crippen LogP contribution in [0, 0.1) is 17.2 Å². The lowest BCUT2D eigenvalue weighted by Crippen LogP contribution is -2.35. The molecule has 98 valence electrons. The molecule has 0 spiro atoms. The Kier molecular flexibility index (Phi) is 3.52. The molecule has 1 aliphatic rings. The minimum Gasteiger partial charge on any atom is -0.325 e. The number of carbonyl (C=O) groups excluding carboxylic acids is 2. The number of nitrogens with zero attached hydrogens (tertiary/aromatic N) is 2. The van der Waals surface area contributed by atoms with E-state index in [9.17, 15) is 9.59 Å². The van der Waals surface area contributed by atoms with Crippen molar-refractivity contribution >= 4 is 17.6 Å². The zero-order valence-corrected chi connectivity index (χ0v) is 10.9. The van der Waals surface area contributed by atoms with Crippen molar-refractivity contribution < 1.29 is 9.59 Å². The molecule has 1 aromatic carbocycles. The van der Waals surface area contributed by atoms with Crippen LogP contribution in [-0.2, 0) is 4.79 Å². The largest absolute Gasteiger partial charge is 0.329 e. The predicted molar refractivity (Wildman–Crippen MR) is 70.4 cm³/mol. The summed E-state index contributed by atoms with van der Waals surface area (Å²) < 4.78 is 0. The molecule has 5 heteroatoms. The van der Waals surface area contributed by atoms with Gasteiger partial charge in [-0.2, -0.15) is 5.26 Å². The van der Waals surface area contributed by atoms with Gasteiger partial charge < -0.3 is 5.32 Å². The van der Waals surface area contributed by atoms with Crippen molar-refractivity contribution in [2.24, 2.45) is 5.92 Å². The number of anilines is 1. The van der Waals surface area contributed by atoms with Crippen LogP contribution in [0.1, 0.15) is 25.8 Å². The van der Waals surface area contributed by atoms with Gasteiger partial charge in [0.2, 0.25) is 0 Å². The molecule has 1 aromatic rings. The molecule has 0 saturated carbocycles. The van der Waals surface area contributed by atoms with E-state index in [1.54, 1.807) is 18.2 Å². The number of urea groups is 1. The molecule has 1 heterocycles. The molecule has 1 N–H and O–H groups in total. The Bertz CT molecular complexity index is 562. The first-order valence-corrected chi connectivity index (χ1v) is 6.23. The van der Waals surface area contributed by atoms with Crippen LogP contribution in [0.2, 0.25) is 0 Å². The first-order valence-electron chi connectivity index (χ1n) is 6.23. The quantitative estimate of drug-likeness (QED) is 0.842. The summed E-state index contributed by atoms with van der Waals surface area (Å²) in [6.07, 6.45) is 0.808. The number of amides is 3. The lowest BCUT2D eigenvalue weighted by Gasteiger charge is -2.16. The van der Waals surface area contributed by atoms with Gasteiger partial charge in [0.15, 0.2) is 0 Å². The van der Waals surface area contributed by atoms with Gasteiger partial charge >= 0.3 is 6.03 Å². The van der Waals surface area contributed by atoms with Crippen molar-refractivity contribution in [3.05, 3.63) is 29.8 Å². The number of carbonyl (C=O) groups is 2. The summed E-state index contributed by atoms with van der Waals surface area (Å²) in [5, 5.41) is 11.6. The summed E-state index contributed by atoms with van der Waals surface area (Å²) in [4.78, 5) is 25.3. The lowest BCUT2D eigenvalue weighted by molar-refractivity contribution is -0.119. The third-order valence-electron chi connectivity index (χ3n) is 3.41. The van der Waals surface area contributed by atoms with Crippen LogP contribution in [0.5, 0.6) is 0 Å². The van der Waals surface area contributed by atoms with Gasteiger partial charge in [0.05, 0.1) is 17.3 Å². The number of nitriles is 1. The molecule has 2 unspecified atom stereocenters. The van der Waals surface area contributed by atoms with E-state index >= 15 is 0 Å². The van der Waals surface area contributed by atoms with E-state index in [-0.39, 0.29) is 11.8 Å². The molecule has 0 aromatic heterocycles. The van der Waals surface area contributed by atoms with Crippen LogP contribution >= 0.6 is 0 Å². The second-order valence-corrected chi connectivity index (χ2v) is 4.65. The average molecular weight is 257 g/mol. The minimum atomic E-state index is -0.483. The van der Waals surface area contributed by atoms with Crippen LogP contribution in [0.4, 0.5) is 10.5 Å². The third kappa shape index (κ3) is 2.29. The van der Waals surface area contributed by atoms with Crippen molar-refractivity contribution in [1.29, 1.82) is 5.26 Å². The van der Waals surface area contributed by atoms with E-state index in [0.29, 0.717) is 11.3 Å². The number of benzene rings is 1. The van der Waals surface area contributed by atoms with Gasteiger partial charge in [-0.1, -0.05) is 26.3 Å². The highest BCUT2D eigenvalue weighted by Gasteiger charge is 2.41. The van der Waals surface area contributed by atoms with Gasteiger partial charge in [0.25, 0.3) is 5.91 Å². The number of rotatable bonds is 3. The van der Waals surface area contributed by atoms with Crippen LogP contribution < -0.4 is 10.2 Å². The molecule has 2 atom stereocenters. The van der Waals surface area contributed by atoms with Crippen molar-refractivity contribution in [1.82, 2.24) is 5.32 Å². The van der Waals surface area contributed by atoms with Crippen LogP contribution in [0.25, 0.3) is 0 Å². The molecule has 1 fully saturated rings. The normalized spacial score (nSPS) is 20.1. The van der Waals surface area contributed by atoms with E-state index in [0.717, 1.165) is 11.3 Å². The summed E-state index contributed by atoms with van der Waals surface area (Å²) in [5.74, 6) is -0.171. The molecule has 2 rings (SSSR count). The van der Waals surface area contributed by atoms with Gasteiger partial charge in [-0.3, -0.25) is 4.79 Å². The van der Waals surface area contributed by atoms with E-state index in [1.165, 1.54) is 6.07 Å². The topological polar surface area (TPSA) is 73.2 Å². The fourth-order valence-electron chi connectivity index (χ4n) is 2.08. The molecule has 19 heavy (non-hydrogen) atoms. The van der Waals surface area contributed by atoms with E-state index in [2.05, 4.69) is 5.32 Å². The third-order valence-corrected chi connectivity index (χ3v) is 3.41. The second kappa shape index (κ2) is 5.11. The molecular weight excluding hydrogens is 242 g/mol. The fraction of sp³-hybridized carbons (Fsp3) is 0.357. The summed E-state index contributed by atoms with van der Waals surface area (Å²) >= 11 is 0. The smallest absolute Gasteiger partial charge is 0.325 e. The molecule has 1 saturated heterocycles. The standard InChI is InChI=1S/C14H15N3O2/c1-3-9(2)12-13(18)17(14(19)16-12)11-6-4-5-10(7-11)8-15/h4-7,9,12H,3H2,1-2H3,(H,16,19). The van der Waals surface area contributed by atoms with E-state index in [1.807, 2.05) is 19.9 Å². The highest BCUT2D eigenvalue weighted by atomic mass is 16.2. The number of hydrogen-bond acceptors (Lipinski definition) is 3. The zero-order chi connectivity index (χ0) is 14.0. The van der Waals surface area contributed by atoms with Gasteiger partial charge in [-0.05, 0) is 24.1 Å².